The zero-order chi connectivity index (χ0) is 11.9. The van der Waals surface area contributed by atoms with E-state index in [9.17, 15) is 4.79 Å². The van der Waals surface area contributed by atoms with Crippen LogP contribution in [0.3, 0.4) is 0 Å². The molecule has 2 aromatic rings. The maximum Gasteiger partial charge on any atom is 0.178 e. The third kappa shape index (κ3) is 1.89. The second-order valence-electron chi connectivity index (χ2n) is 3.80. The number of benzene rings is 1. The summed E-state index contributed by atoms with van der Waals surface area (Å²) in [4.78, 5) is 15.0. The Hall–Kier alpha value is -0.800. The molecule has 16 heavy (non-hydrogen) atoms. The first-order valence-corrected chi connectivity index (χ1v) is 6.26. The number of nitrogens with one attached hydrogen (secondary N) is 1. The highest BCUT2D eigenvalue weighted by Crippen LogP contribution is 2.27. The summed E-state index contributed by atoms with van der Waals surface area (Å²) >= 11 is 9.25. The summed E-state index contributed by atoms with van der Waals surface area (Å²) < 4.78 is 0. The van der Waals surface area contributed by atoms with E-state index in [2.05, 4.69) is 20.9 Å². The number of carbonyl (C=O) groups excluding carboxylic acids is 1. The summed E-state index contributed by atoms with van der Waals surface area (Å²) in [6.45, 7) is 3.72. The Morgan fingerprint density at radius 1 is 1.50 bits per heavy atom. The number of hydrogen-bond acceptors (Lipinski definition) is 1. The number of carbonyl (C=O) groups is 1. The van der Waals surface area contributed by atoms with Gasteiger partial charge < -0.3 is 4.98 Å². The molecule has 0 fully saturated rings. The SMILES string of the molecule is Cc1[nH]c2ccc(Cl)cc2c1C(=O)C(C)Br. The van der Waals surface area contributed by atoms with E-state index in [1.807, 2.05) is 32.0 Å². The maximum absolute atomic E-state index is 12.0. The lowest BCUT2D eigenvalue weighted by molar-refractivity contribution is 0.0997. The van der Waals surface area contributed by atoms with Crippen molar-refractivity contribution in [1.29, 1.82) is 0 Å². The number of halogens is 2. The molecule has 1 atom stereocenters. The standard InChI is InChI=1S/C12H11BrClNO/c1-6(13)12(16)11-7(2)15-10-4-3-8(14)5-9(10)11/h3-6,15H,1-2H3. The summed E-state index contributed by atoms with van der Waals surface area (Å²) in [6.07, 6.45) is 0. The zero-order valence-corrected chi connectivity index (χ0v) is 11.3. The Labute approximate surface area is 107 Å². The highest BCUT2D eigenvalue weighted by molar-refractivity contribution is 9.10. The number of ketones is 1. The number of Topliss-reactive ketones (excluding diaryl/α,β-unsaturated/α-hetero) is 1. The van der Waals surface area contributed by atoms with Gasteiger partial charge in [0.2, 0.25) is 0 Å². The number of aromatic amines is 1. The highest BCUT2D eigenvalue weighted by atomic mass is 79.9. The second-order valence-corrected chi connectivity index (χ2v) is 5.61. The number of H-pyrrole nitrogens is 1. The quantitative estimate of drug-likeness (QED) is 0.657. The van der Waals surface area contributed by atoms with Crippen LogP contribution < -0.4 is 0 Å². The van der Waals surface area contributed by atoms with E-state index < -0.39 is 0 Å². The number of hydrogen-bond donors (Lipinski definition) is 1. The fourth-order valence-corrected chi connectivity index (χ4v) is 2.22. The van der Waals surface area contributed by atoms with E-state index in [0.29, 0.717) is 5.02 Å². The number of alkyl halides is 1. The molecule has 1 aromatic heterocycles. The Morgan fingerprint density at radius 2 is 2.19 bits per heavy atom. The number of aromatic nitrogens is 1. The number of rotatable bonds is 2. The van der Waals surface area contributed by atoms with Gasteiger partial charge in [0.1, 0.15) is 0 Å². The van der Waals surface area contributed by atoms with Crippen LogP contribution in [0.5, 0.6) is 0 Å². The van der Waals surface area contributed by atoms with E-state index >= 15 is 0 Å². The van der Waals surface area contributed by atoms with Crippen LogP contribution in [0.25, 0.3) is 10.9 Å². The van der Waals surface area contributed by atoms with Gasteiger partial charge in [0, 0.05) is 27.2 Å². The fraction of sp³-hybridized carbons (Fsp3) is 0.250. The van der Waals surface area contributed by atoms with E-state index in [1.165, 1.54) is 0 Å². The van der Waals surface area contributed by atoms with Gasteiger partial charge in [0.05, 0.1) is 4.83 Å². The molecule has 2 nitrogen and oxygen atoms in total. The minimum absolute atomic E-state index is 0.0750. The summed E-state index contributed by atoms with van der Waals surface area (Å²) in [5.41, 5.74) is 2.55. The molecule has 0 radical (unpaired) electrons. The molecule has 0 saturated carbocycles. The molecule has 4 heteroatoms. The summed E-state index contributed by atoms with van der Waals surface area (Å²) in [6, 6.07) is 5.52. The van der Waals surface area contributed by atoms with E-state index in [1.54, 1.807) is 0 Å². The Bertz CT molecular complexity index is 559. The van der Waals surface area contributed by atoms with Gasteiger partial charge in [-0.05, 0) is 32.0 Å². The monoisotopic (exact) mass is 299 g/mol. The van der Waals surface area contributed by atoms with Crippen LogP contribution in [0.15, 0.2) is 18.2 Å². The minimum atomic E-state index is -0.191. The predicted molar refractivity (Wildman–Crippen MR) is 70.8 cm³/mol. The van der Waals surface area contributed by atoms with Crippen LogP contribution in [-0.4, -0.2) is 15.6 Å². The molecular weight excluding hydrogens is 289 g/mol. The van der Waals surface area contributed by atoms with E-state index in [0.717, 1.165) is 22.2 Å². The van der Waals surface area contributed by atoms with Gasteiger partial charge in [-0.25, -0.2) is 0 Å². The average molecular weight is 301 g/mol. The van der Waals surface area contributed by atoms with Crippen molar-refractivity contribution in [3.05, 3.63) is 34.5 Å². The first-order chi connectivity index (χ1) is 7.50. The largest absolute Gasteiger partial charge is 0.358 e. The third-order valence-electron chi connectivity index (χ3n) is 2.56. The molecule has 0 aliphatic heterocycles. The van der Waals surface area contributed by atoms with Crippen molar-refractivity contribution >= 4 is 44.2 Å². The molecule has 0 amide bonds. The molecule has 1 heterocycles. The first-order valence-electron chi connectivity index (χ1n) is 4.97. The fourth-order valence-electron chi connectivity index (χ4n) is 1.82. The van der Waals surface area contributed by atoms with Crippen LogP contribution >= 0.6 is 27.5 Å². The lowest BCUT2D eigenvalue weighted by Gasteiger charge is -2.02. The zero-order valence-electron chi connectivity index (χ0n) is 8.97. The van der Waals surface area contributed by atoms with Crippen LogP contribution in [-0.2, 0) is 0 Å². The first kappa shape index (κ1) is 11.7. The Balaban J connectivity index is 2.72. The molecule has 0 aliphatic rings. The molecule has 0 aliphatic carbocycles. The number of fused-ring (bicyclic) bond motifs is 1. The molecule has 1 N–H and O–H groups in total. The van der Waals surface area contributed by atoms with Gasteiger partial charge in [0.25, 0.3) is 0 Å². The molecule has 0 saturated heterocycles. The summed E-state index contributed by atoms with van der Waals surface area (Å²) in [5, 5.41) is 1.53. The third-order valence-corrected chi connectivity index (χ3v) is 3.21. The predicted octanol–water partition coefficient (Wildman–Crippen LogP) is 4.10. The van der Waals surface area contributed by atoms with E-state index in [4.69, 9.17) is 11.6 Å². The second kappa shape index (κ2) is 4.22. The maximum atomic E-state index is 12.0. The smallest absolute Gasteiger partial charge is 0.178 e. The average Bonchev–Trinajstić information content (AvgIpc) is 2.52. The lowest BCUT2D eigenvalue weighted by atomic mass is 10.1. The van der Waals surface area contributed by atoms with Crippen LogP contribution in [0.2, 0.25) is 5.02 Å². The number of aryl methyl sites for hydroxylation is 1. The Kier molecular flexibility index (Phi) is 3.08. The highest BCUT2D eigenvalue weighted by Gasteiger charge is 2.19. The molecule has 0 bridgehead atoms. The minimum Gasteiger partial charge on any atom is -0.358 e. The molecule has 1 unspecified atom stereocenters. The molecule has 1 aromatic carbocycles. The molecule has 0 spiro atoms. The molecule has 2 rings (SSSR count). The summed E-state index contributed by atoms with van der Waals surface area (Å²) in [7, 11) is 0. The van der Waals surface area contributed by atoms with Crippen molar-refractivity contribution in [1.82, 2.24) is 4.98 Å². The van der Waals surface area contributed by atoms with Gasteiger partial charge in [-0.3, -0.25) is 4.79 Å². The van der Waals surface area contributed by atoms with E-state index in [-0.39, 0.29) is 10.6 Å². The van der Waals surface area contributed by atoms with Crippen molar-refractivity contribution in [3.63, 3.8) is 0 Å². The van der Waals surface area contributed by atoms with Crippen LogP contribution in [0.4, 0.5) is 0 Å². The molecule has 84 valence electrons. The van der Waals surface area contributed by atoms with Crippen molar-refractivity contribution in [2.45, 2.75) is 18.7 Å². The van der Waals surface area contributed by atoms with Gasteiger partial charge in [-0.15, -0.1) is 0 Å². The normalized spacial score (nSPS) is 13.0. The topological polar surface area (TPSA) is 32.9 Å². The van der Waals surface area contributed by atoms with Gasteiger partial charge in [-0.1, -0.05) is 27.5 Å². The van der Waals surface area contributed by atoms with Crippen molar-refractivity contribution in [2.24, 2.45) is 0 Å². The van der Waals surface area contributed by atoms with Crippen LogP contribution in [0.1, 0.15) is 23.0 Å². The van der Waals surface area contributed by atoms with Gasteiger partial charge in [-0.2, -0.15) is 0 Å². The van der Waals surface area contributed by atoms with Crippen molar-refractivity contribution < 1.29 is 4.79 Å². The van der Waals surface area contributed by atoms with Gasteiger partial charge in [0.15, 0.2) is 5.78 Å². The summed E-state index contributed by atoms with van der Waals surface area (Å²) in [5.74, 6) is 0.0750. The van der Waals surface area contributed by atoms with Crippen molar-refractivity contribution in [3.8, 4) is 0 Å². The van der Waals surface area contributed by atoms with Crippen molar-refractivity contribution in [2.75, 3.05) is 0 Å². The molecular formula is C12H11BrClNO. The lowest BCUT2D eigenvalue weighted by Crippen LogP contribution is -2.10. The Morgan fingerprint density at radius 3 is 2.81 bits per heavy atom. The van der Waals surface area contributed by atoms with Crippen LogP contribution in [0, 0.1) is 6.92 Å². The van der Waals surface area contributed by atoms with Gasteiger partial charge >= 0.3 is 0 Å².